The van der Waals surface area contributed by atoms with Crippen molar-refractivity contribution in [3.8, 4) is 5.75 Å². The Balaban J connectivity index is 1.03. The van der Waals surface area contributed by atoms with Crippen LogP contribution in [0.5, 0.6) is 5.75 Å². The van der Waals surface area contributed by atoms with Crippen LogP contribution in [0.3, 0.4) is 0 Å². The zero-order valence-electron chi connectivity index (χ0n) is 30.8. The largest absolute Gasteiger partial charge is 0.528 e. The van der Waals surface area contributed by atoms with Crippen LogP contribution in [0.15, 0.2) is 121 Å². The van der Waals surface area contributed by atoms with E-state index in [0.717, 1.165) is 16.5 Å². The van der Waals surface area contributed by atoms with E-state index in [-0.39, 0.29) is 31.8 Å². The second-order valence-corrected chi connectivity index (χ2v) is 14.0. The van der Waals surface area contributed by atoms with Gasteiger partial charge in [0.2, 0.25) is 0 Å². The summed E-state index contributed by atoms with van der Waals surface area (Å²) in [6.07, 6.45) is -0.326. The van der Waals surface area contributed by atoms with Crippen LogP contribution in [-0.2, 0) is 37.0 Å². The molecule has 0 N–H and O–H groups in total. The zero-order chi connectivity index (χ0) is 37.9. The smallest absolute Gasteiger partial charge is 0.490 e. The highest BCUT2D eigenvalue weighted by molar-refractivity contribution is 5.92. The number of carbonyl (C=O) groups is 3. The first kappa shape index (κ1) is 38.0. The third kappa shape index (κ3) is 10.7. The molecule has 10 heteroatoms. The topological polar surface area (TPSA) is 110 Å². The summed E-state index contributed by atoms with van der Waals surface area (Å²) in [6, 6.07) is 37.8. The molecule has 280 valence electrons. The SMILES string of the molecule is CC(C)(C)OC(=O)ON1CCC(c2ccc(OCCOC(=O)c3ccccc3COC(=O)c3ccccc3)cc2)C(OCc2ccc3ccccc3c2)C1. The fourth-order valence-corrected chi connectivity index (χ4v) is 6.26. The lowest BCUT2D eigenvalue weighted by atomic mass is 9.87. The van der Waals surface area contributed by atoms with Gasteiger partial charge in [-0.05, 0) is 85.5 Å². The number of nitrogens with zero attached hydrogens (tertiary/aromatic N) is 1. The van der Waals surface area contributed by atoms with E-state index >= 15 is 0 Å². The monoisotopic (exact) mass is 731 g/mol. The first-order valence-electron chi connectivity index (χ1n) is 18.1. The maximum Gasteiger partial charge on any atom is 0.528 e. The minimum atomic E-state index is -0.741. The lowest BCUT2D eigenvalue weighted by Crippen LogP contribution is -2.45. The van der Waals surface area contributed by atoms with Crippen LogP contribution in [-0.4, -0.2) is 61.2 Å². The Morgan fingerprint density at radius 1 is 0.722 bits per heavy atom. The molecular weight excluding hydrogens is 686 g/mol. The standard InChI is InChI=1S/C44H45NO9/c1-44(2,3)53-43(48)54-45-24-23-38(40(28-45)51-29-31-17-18-32-11-7-8-14-35(32)27-31)33-19-21-37(22-20-33)49-25-26-50-42(47)39-16-10-9-15-36(39)30-52-41(46)34-12-5-4-6-13-34/h4-22,27,38,40H,23-26,28-30H2,1-3H3. The van der Waals surface area contributed by atoms with Crippen molar-refractivity contribution in [2.75, 3.05) is 26.3 Å². The number of hydrogen-bond acceptors (Lipinski definition) is 10. The second kappa shape index (κ2) is 17.9. The molecule has 0 aliphatic carbocycles. The molecule has 54 heavy (non-hydrogen) atoms. The predicted molar refractivity (Wildman–Crippen MR) is 203 cm³/mol. The molecule has 2 unspecified atom stereocenters. The highest BCUT2D eigenvalue weighted by Crippen LogP contribution is 2.33. The van der Waals surface area contributed by atoms with Crippen LogP contribution in [0.4, 0.5) is 4.79 Å². The molecule has 5 aromatic rings. The van der Waals surface area contributed by atoms with Crippen molar-refractivity contribution in [1.82, 2.24) is 5.06 Å². The van der Waals surface area contributed by atoms with E-state index in [4.69, 9.17) is 28.5 Å². The van der Waals surface area contributed by atoms with E-state index < -0.39 is 23.7 Å². The Morgan fingerprint density at radius 2 is 1.44 bits per heavy atom. The minimum absolute atomic E-state index is 0.0273. The molecule has 0 bridgehead atoms. The maximum atomic E-state index is 12.9. The van der Waals surface area contributed by atoms with E-state index in [9.17, 15) is 14.4 Å². The van der Waals surface area contributed by atoms with E-state index in [1.54, 1.807) is 74.4 Å². The number of esters is 2. The van der Waals surface area contributed by atoms with Crippen molar-refractivity contribution < 1.29 is 42.9 Å². The number of fused-ring (bicyclic) bond motifs is 1. The van der Waals surface area contributed by atoms with Gasteiger partial charge < -0.3 is 28.5 Å². The number of ether oxygens (including phenoxy) is 5. The van der Waals surface area contributed by atoms with Crippen molar-refractivity contribution in [2.24, 2.45) is 0 Å². The van der Waals surface area contributed by atoms with Crippen molar-refractivity contribution in [3.63, 3.8) is 0 Å². The number of benzene rings is 5. The molecule has 2 atom stereocenters. The number of hydroxylamine groups is 2. The Morgan fingerprint density at radius 3 is 2.22 bits per heavy atom. The Kier molecular flexibility index (Phi) is 12.6. The molecule has 1 aliphatic heterocycles. The van der Waals surface area contributed by atoms with Crippen LogP contribution in [0.25, 0.3) is 10.8 Å². The number of rotatable bonds is 13. The van der Waals surface area contributed by atoms with Gasteiger partial charge in [-0.15, -0.1) is 5.06 Å². The van der Waals surface area contributed by atoms with Crippen LogP contribution in [0.2, 0.25) is 0 Å². The van der Waals surface area contributed by atoms with Gasteiger partial charge in [-0.3, -0.25) is 0 Å². The Bertz CT molecular complexity index is 2020. The van der Waals surface area contributed by atoms with E-state index in [1.807, 2.05) is 42.5 Å². The van der Waals surface area contributed by atoms with Crippen molar-refractivity contribution in [2.45, 2.75) is 58.0 Å². The van der Waals surface area contributed by atoms with E-state index in [1.165, 1.54) is 5.39 Å². The Labute approximate surface area is 315 Å². The summed E-state index contributed by atoms with van der Waals surface area (Å²) in [6.45, 7) is 6.79. The van der Waals surface area contributed by atoms with Crippen LogP contribution in [0.1, 0.15) is 70.5 Å². The first-order valence-corrected chi connectivity index (χ1v) is 18.1. The second-order valence-electron chi connectivity index (χ2n) is 14.0. The van der Waals surface area contributed by atoms with Gasteiger partial charge in [0.15, 0.2) is 0 Å². The number of carbonyl (C=O) groups excluding carboxylic acids is 3. The Hall–Kier alpha value is -5.71. The third-order valence-electron chi connectivity index (χ3n) is 8.89. The molecule has 1 aliphatic rings. The van der Waals surface area contributed by atoms with Gasteiger partial charge in [0.05, 0.1) is 30.4 Å². The zero-order valence-corrected chi connectivity index (χ0v) is 30.8. The number of hydrogen-bond donors (Lipinski definition) is 0. The molecule has 0 spiro atoms. The van der Waals surface area contributed by atoms with E-state index in [2.05, 4.69) is 30.3 Å². The van der Waals surface area contributed by atoms with Gasteiger partial charge >= 0.3 is 18.1 Å². The molecule has 0 radical (unpaired) electrons. The molecule has 10 nitrogen and oxygen atoms in total. The summed E-state index contributed by atoms with van der Waals surface area (Å²) in [7, 11) is 0. The molecule has 1 saturated heterocycles. The first-order chi connectivity index (χ1) is 26.1. The summed E-state index contributed by atoms with van der Waals surface area (Å²) in [4.78, 5) is 43.4. The average Bonchev–Trinajstić information content (AvgIpc) is 3.17. The summed E-state index contributed by atoms with van der Waals surface area (Å²) in [5.41, 5.74) is 2.76. The normalized spacial score (nSPS) is 16.0. The van der Waals surface area contributed by atoms with Gasteiger partial charge in [-0.1, -0.05) is 84.9 Å². The molecule has 6 rings (SSSR count). The molecular formula is C44H45NO9. The molecule has 0 aromatic heterocycles. The van der Waals surface area contributed by atoms with Gasteiger partial charge in [0.25, 0.3) is 0 Å². The summed E-state index contributed by atoms with van der Waals surface area (Å²) < 4.78 is 28.8. The molecule has 0 amide bonds. The van der Waals surface area contributed by atoms with Gasteiger partial charge in [-0.2, -0.15) is 0 Å². The fourth-order valence-electron chi connectivity index (χ4n) is 6.26. The third-order valence-corrected chi connectivity index (χ3v) is 8.89. The maximum absolute atomic E-state index is 12.9. The van der Waals surface area contributed by atoms with Gasteiger partial charge in [-0.25, -0.2) is 14.4 Å². The van der Waals surface area contributed by atoms with Gasteiger partial charge in [0, 0.05) is 18.0 Å². The number of piperidine rings is 1. The minimum Gasteiger partial charge on any atom is -0.490 e. The summed E-state index contributed by atoms with van der Waals surface area (Å²) in [5, 5.41) is 3.92. The highest BCUT2D eigenvalue weighted by atomic mass is 16.8. The van der Waals surface area contributed by atoms with Crippen molar-refractivity contribution in [1.29, 1.82) is 0 Å². The van der Waals surface area contributed by atoms with E-state index in [0.29, 0.717) is 48.6 Å². The molecule has 0 saturated carbocycles. The fraction of sp³-hybridized carbons (Fsp3) is 0.295. The van der Waals surface area contributed by atoms with Crippen molar-refractivity contribution >= 4 is 28.9 Å². The summed E-state index contributed by atoms with van der Waals surface area (Å²) >= 11 is 0. The quantitative estimate of drug-likeness (QED) is 0.0663. The van der Waals surface area contributed by atoms with Crippen molar-refractivity contribution in [3.05, 3.63) is 149 Å². The van der Waals surface area contributed by atoms with Crippen LogP contribution in [0, 0.1) is 0 Å². The lowest BCUT2D eigenvalue weighted by molar-refractivity contribution is -0.179. The lowest BCUT2D eigenvalue weighted by Gasteiger charge is -2.37. The summed E-state index contributed by atoms with van der Waals surface area (Å²) in [5.74, 6) is -0.342. The van der Waals surface area contributed by atoms with Gasteiger partial charge in [0.1, 0.15) is 31.2 Å². The van der Waals surface area contributed by atoms with Crippen LogP contribution >= 0.6 is 0 Å². The molecule has 1 heterocycles. The predicted octanol–water partition coefficient (Wildman–Crippen LogP) is 8.67. The average molecular weight is 732 g/mol. The molecule has 5 aromatic carbocycles. The molecule has 1 fully saturated rings. The van der Waals surface area contributed by atoms with Crippen LogP contribution < -0.4 is 4.74 Å². The highest BCUT2D eigenvalue weighted by Gasteiger charge is 2.34.